The summed E-state index contributed by atoms with van der Waals surface area (Å²) in [4.78, 5) is 22.8. The van der Waals surface area contributed by atoms with Gasteiger partial charge in [-0.15, -0.1) is 0 Å². The SMILES string of the molecule is CCC(=O)/C=C/c1c[nH]c2ncnc(OC(C)(C)C)c12. The fourth-order valence-corrected chi connectivity index (χ4v) is 1.76. The molecule has 0 aliphatic heterocycles. The van der Waals surface area contributed by atoms with Crippen LogP contribution >= 0.6 is 0 Å². The molecule has 5 heteroatoms. The zero-order chi connectivity index (χ0) is 14.8. The molecule has 0 spiro atoms. The Kier molecular flexibility index (Phi) is 3.88. The first-order valence-electron chi connectivity index (χ1n) is 6.62. The summed E-state index contributed by atoms with van der Waals surface area (Å²) in [5, 5.41) is 0.794. The summed E-state index contributed by atoms with van der Waals surface area (Å²) in [6, 6.07) is 0. The number of hydrogen-bond donors (Lipinski definition) is 1. The van der Waals surface area contributed by atoms with Crippen molar-refractivity contribution < 1.29 is 9.53 Å². The number of H-pyrrole nitrogens is 1. The predicted octanol–water partition coefficient (Wildman–Crippen LogP) is 3.13. The Morgan fingerprint density at radius 1 is 1.40 bits per heavy atom. The van der Waals surface area contributed by atoms with Crippen LogP contribution in [0.4, 0.5) is 0 Å². The molecule has 0 saturated heterocycles. The molecule has 1 N–H and O–H groups in total. The average molecular weight is 273 g/mol. The van der Waals surface area contributed by atoms with Crippen molar-refractivity contribution in [2.75, 3.05) is 0 Å². The molecule has 2 aromatic heterocycles. The molecule has 0 radical (unpaired) electrons. The second-order valence-corrected chi connectivity index (χ2v) is 5.51. The summed E-state index contributed by atoms with van der Waals surface area (Å²) in [6.45, 7) is 7.72. The van der Waals surface area contributed by atoms with Gasteiger partial charge in [-0.05, 0) is 32.9 Å². The minimum atomic E-state index is -0.348. The van der Waals surface area contributed by atoms with Crippen LogP contribution in [0, 0.1) is 0 Å². The number of hydrogen-bond acceptors (Lipinski definition) is 4. The van der Waals surface area contributed by atoms with E-state index in [0.717, 1.165) is 10.9 Å². The maximum Gasteiger partial charge on any atom is 0.227 e. The molecule has 0 fully saturated rings. The maximum atomic E-state index is 11.4. The molecule has 0 bridgehead atoms. The van der Waals surface area contributed by atoms with Crippen LogP contribution in [0.5, 0.6) is 5.88 Å². The van der Waals surface area contributed by atoms with Gasteiger partial charge in [0.1, 0.15) is 17.6 Å². The number of nitrogens with one attached hydrogen (secondary N) is 1. The van der Waals surface area contributed by atoms with Crippen molar-refractivity contribution in [1.82, 2.24) is 15.0 Å². The summed E-state index contributed by atoms with van der Waals surface area (Å²) in [6.07, 6.45) is 7.08. The van der Waals surface area contributed by atoms with Crippen LogP contribution < -0.4 is 4.74 Å². The average Bonchev–Trinajstić information content (AvgIpc) is 2.78. The Morgan fingerprint density at radius 3 is 2.80 bits per heavy atom. The third-order valence-electron chi connectivity index (χ3n) is 2.67. The van der Waals surface area contributed by atoms with Crippen LogP contribution in [0.25, 0.3) is 17.1 Å². The molecule has 0 aliphatic rings. The second kappa shape index (κ2) is 5.45. The summed E-state index contributed by atoms with van der Waals surface area (Å²) in [5.74, 6) is 0.599. The number of aromatic amines is 1. The van der Waals surface area contributed by atoms with E-state index >= 15 is 0 Å². The first-order chi connectivity index (χ1) is 9.40. The van der Waals surface area contributed by atoms with Gasteiger partial charge in [-0.3, -0.25) is 4.79 Å². The van der Waals surface area contributed by atoms with Crippen molar-refractivity contribution in [1.29, 1.82) is 0 Å². The van der Waals surface area contributed by atoms with Crippen LogP contribution in [0.2, 0.25) is 0 Å². The third-order valence-corrected chi connectivity index (χ3v) is 2.67. The van der Waals surface area contributed by atoms with E-state index in [9.17, 15) is 4.79 Å². The molecule has 0 atom stereocenters. The van der Waals surface area contributed by atoms with E-state index in [0.29, 0.717) is 17.9 Å². The maximum absolute atomic E-state index is 11.4. The Balaban J connectivity index is 2.46. The lowest BCUT2D eigenvalue weighted by Crippen LogP contribution is -2.23. The van der Waals surface area contributed by atoms with Gasteiger partial charge in [-0.1, -0.05) is 6.92 Å². The smallest absolute Gasteiger partial charge is 0.227 e. The largest absolute Gasteiger partial charge is 0.471 e. The molecule has 0 saturated carbocycles. The molecule has 0 unspecified atom stereocenters. The zero-order valence-corrected chi connectivity index (χ0v) is 12.2. The Hall–Kier alpha value is -2.17. The van der Waals surface area contributed by atoms with Gasteiger partial charge in [0.05, 0.1) is 5.39 Å². The first-order valence-corrected chi connectivity index (χ1v) is 6.62. The van der Waals surface area contributed by atoms with Crippen molar-refractivity contribution in [2.24, 2.45) is 0 Å². The Labute approximate surface area is 118 Å². The van der Waals surface area contributed by atoms with Crippen LogP contribution in [-0.2, 0) is 4.79 Å². The highest BCUT2D eigenvalue weighted by molar-refractivity contribution is 5.97. The molecular weight excluding hydrogens is 254 g/mol. The van der Waals surface area contributed by atoms with Crippen molar-refractivity contribution in [3.8, 4) is 5.88 Å². The lowest BCUT2D eigenvalue weighted by molar-refractivity contribution is -0.114. The molecule has 106 valence electrons. The highest BCUT2D eigenvalue weighted by Crippen LogP contribution is 2.28. The highest BCUT2D eigenvalue weighted by Gasteiger charge is 2.17. The first kappa shape index (κ1) is 14.2. The van der Waals surface area contributed by atoms with Crippen LogP contribution in [0.1, 0.15) is 39.7 Å². The van der Waals surface area contributed by atoms with Gasteiger partial charge >= 0.3 is 0 Å². The Bertz CT molecular complexity index is 651. The minimum Gasteiger partial charge on any atom is -0.471 e. The van der Waals surface area contributed by atoms with E-state index in [-0.39, 0.29) is 11.4 Å². The summed E-state index contributed by atoms with van der Waals surface area (Å²) in [5.41, 5.74) is 1.20. The standard InChI is InChI=1S/C15H19N3O2/c1-5-11(19)7-6-10-8-16-13-12(10)14(18-9-17-13)20-15(2,3)4/h6-9H,5H2,1-4H3,(H,16,17,18)/b7-6+. The number of fused-ring (bicyclic) bond motifs is 1. The summed E-state index contributed by atoms with van der Waals surface area (Å²) in [7, 11) is 0. The van der Waals surface area contributed by atoms with Crippen LogP contribution in [0.15, 0.2) is 18.6 Å². The van der Waals surface area contributed by atoms with E-state index < -0.39 is 0 Å². The van der Waals surface area contributed by atoms with Gasteiger partial charge in [-0.2, -0.15) is 0 Å². The fourth-order valence-electron chi connectivity index (χ4n) is 1.76. The van der Waals surface area contributed by atoms with Crippen LogP contribution in [-0.4, -0.2) is 26.3 Å². The molecule has 0 amide bonds. The van der Waals surface area contributed by atoms with Crippen molar-refractivity contribution in [2.45, 2.75) is 39.7 Å². The quantitative estimate of drug-likeness (QED) is 0.869. The Morgan fingerprint density at radius 2 is 2.15 bits per heavy atom. The number of ketones is 1. The van der Waals surface area contributed by atoms with Gasteiger partial charge in [0.15, 0.2) is 5.78 Å². The number of carbonyl (C=O) groups excluding carboxylic acids is 1. The molecule has 0 aromatic carbocycles. The van der Waals surface area contributed by atoms with Gasteiger partial charge in [0.2, 0.25) is 5.88 Å². The molecule has 0 aliphatic carbocycles. The zero-order valence-electron chi connectivity index (χ0n) is 12.2. The topological polar surface area (TPSA) is 67.9 Å². The number of aromatic nitrogens is 3. The number of carbonyl (C=O) groups is 1. The molecule has 5 nitrogen and oxygen atoms in total. The summed E-state index contributed by atoms with van der Waals surface area (Å²) >= 11 is 0. The van der Waals surface area contributed by atoms with Crippen LogP contribution in [0.3, 0.4) is 0 Å². The van der Waals surface area contributed by atoms with E-state index in [2.05, 4.69) is 15.0 Å². The number of allylic oxidation sites excluding steroid dienone is 1. The normalized spacial score (nSPS) is 12.2. The van der Waals surface area contributed by atoms with E-state index in [4.69, 9.17) is 4.74 Å². The number of ether oxygens (including phenoxy) is 1. The predicted molar refractivity (Wildman–Crippen MR) is 78.6 cm³/mol. The molecular formula is C15H19N3O2. The highest BCUT2D eigenvalue weighted by atomic mass is 16.5. The van der Waals surface area contributed by atoms with E-state index in [1.807, 2.05) is 27.7 Å². The minimum absolute atomic E-state index is 0.0782. The molecule has 2 aromatic rings. The molecule has 2 heterocycles. The van der Waals surface area contributed by atoms with Gasteiger partial charge in [0, 0.05) is 18.2 Å². The van der Waals surface area contributed by atoms with Crippen molar-refractivity contribution in [3.63, 3.8) is 0 Å². The van der Waals surface area contributed by atoms with E-state index in [1.165, 1.54) is 6.33 Å². The van der Waals surface area contributed by atoms with Crippen molar-refractivity contribution in [3.05, 3.63) is 24.2 Å². The molecule has 20 heavy (non-hydrogen) atoms. The van der Waals surface area contributed by atoms with Gasteiger partial charge in [-0.25, -0.2) is 9.97 Å². The fraction of sp³-hybridized carbons (Fsp3) is 0.400. The number of rotatable bonds is 4. The lowest BCUT2D eigenvalue weighted by Gasteiger charge is -2.20. The monoisotopic (exact) mass is 273 g/mol. The van der Waals surface area contributed by atoms with Gasteiger partial charge < -0.3 is 9.72 Å². The van der Waals surface area contributed by atoms with Crippen molar-refractivity contribution >= 4 is 22.9 Å². The molecule has 2 rings (SSSR count). The summed E-state index contributed by atoms with van der Waals surface area (Å²) < 4.78 is 5.86. The third kappa shape index (κ3) is 3.23. The van der Waals surface area contributed by atoms with Gasteiger partial charge in [0.25, 0.3) is 0 Å². The lowest BCUT2D eigenvalue weighted by atomic mass is 10.1. The number of nitrogens with zero attached hydrogens (tertiary/aromatic N) is 2. The van der Waals surface area contributed by atoms with E-state index in [1.54, 1.807) is 18.3 Å². The second-order valence-electron chi connectivity index (χ2n) is 5.51.